The summed E-state index contributed by atoms with van der Waals surface area (Å²) in [5, 5.41) is 7.46. The summed E-state index contributed by atoms with van der Waals surface area (Å²) < 4.78 is 0.942. The summed E-state index contributed by atoms with van der Waals surface area (Å²) in [4.78, 5) is 24.4. The van der Waals surface area contributed by atoms with Gasteiger partial charge in [0, 0.05) is 9.35 Å². The number of halogens is 1. The number of urea groups is 1. The van der Waals surface area contributed by atoms with Crippen LogP contribution in [0.25, 0.3) is 0 Å². The van der Waals surface area contributed by atoms with Gasteiger partial charge in [-0.05, 0) is 30.0 Å². The zero-order valence-electron chi connectivity index (χ0n) is 12.6. The van der Waals surface area contributed by atoms with Crippen molar-refractivity contribution in [3.63, 3.8) is 0 Å². The van der Waals surface area contributed by atoms with Crippen molar-refractivity contribution in [1.82, 2.24) is 10.6 Å². The number of benzene rings is 1. The molecule has 7 heteroatoms. The van der Waals surface area contributed by atoms with Gasteiger partial charge in [-0.25, -0.2) is 4.79 Å². The zero-order valence-corrected chi connectivity index (χ0v) is 15.0. The van der Waals surface area contributed by atoms with Crippen molar-refractivity contribution in [2.75, 3.05) is 0 Å². The van der Waals surface area contributed by atoms with Crippen LogP contribution < -0.4 is 16.4 Å². The molecule has 0 aliphatic heterocycles. The largest absolute Gasteiger partial charge is 0.352 e. The van der Waals surface area contributed by atoms with Crippen molar-refractivity contribution in [1.29, 1.82) is 0 Å². The van der Waals surface area contributed by atoms with E-state index in [-0.39, 0.29) is 18.4 Å². The average Bonchev–Trinajstić information content (AvgIpc) is 3.00. The molecule has 122 valence electrons. The fourth-order valence-corrected chi connectivity index (χ4v) is 3.68. The monoisotopic (exact) mass is 395 g/mol. The Morgan fingerprint density at radius 1 is 1.22 bits per heavy atom. The van der Waals surface area contributed by atoms with Gasteiger partial charge in [-0.3, -0.25) is 4.79 Å². The molecule has 0 radical (unpaired) electrons. The van der Waals surface area contributed by atoms with Gasteiger partial charge in [0.25, 0.3) is 0 Å². The number of nitrogens with two attached hydrogens (primary N) is 1. The van der Waals surface area contributed by atoms with E-state index in [0.29, 0.717) is 0 Å². The number of amides is 3. The van der Waals surface area contributed by atoms with Crippen molar-refractivity contribution in [2.24, 2.45) is 5.73 Å². The number of carbonyl (C=O) groups is 2. The first-order chi connectivity index (χ1) is 11.0. The minimum absolute atomic E-state index is 0.137. The van der Waals surface area contributed by atoms with Crippen LogP contribution in [0.4, 0.5) is 4.79 Å². The number of thiophene rings is 1. The lowest BCUT2D eigenvalue weighted by molar-refractivity contribution is -0.122. The predicted octanol–water partition coefficient (Wildman–Crippen LogP) is 3.49. The van der Waals surface area contributed by atoms with E-state index >= 15 is 0 Å². The lowest BCUT2D eigenvalue weighted by Gasteiger charge is -2.19. The summed E-state index contributed by atoms with van der Waals surface area (Å²) in [5.41, 5.74) is 6.20. The number of hydrogen-bond acceptors (Lipinski definition) is 3. The highest BCUT2D eigenvalue weighted by atomic mass is 79.9. The van der Waals surface area contributed by atoms with E-state index < -0.39 is 12.1 Å². The number of carbonyl (C=O) groups excluding carboxylic acids is 2. The maximum atomic E-state index is 12.3. The van der Waals surface area contributed by atoms with Crippen LogP contribution >= 0.6 is 27.3 Å². The molecule has 2 unspecified atom stereocenters. The molecule has 0 aliphatic rings. The van der Waals surface area contributed by atoms with E-state index in [0.717, 1.165) is 14.9 Å². The molecule has 0 aliphatic carbocycles. The van der Waals surface area contributed by atoms with Gasteiger partial charge in [-0.2, -0.15) is 0 Å². The molecule has 0 bridgehead atoms. The third-order valence-electron chi connectivity index (χ3n) is 3.34. The van der Waals surface area contributed by atoms with Gasteiger partial charge in [0.05, 0.1) is 18.5 Å². The van der Waals surface area contributed by atoms with Gasteiger partial charge in [0.2, 0.25) is 5.91 Å². The van der Waals surface area contributed by atoms with E-state index in [2.05, 4.69) is 26.6 Å². The molecule has 1 aromatic heterocycles. The molecule has 3 amide bonds. The van der Waals surface area contributed by atoms with E-state index in [1.165, 1.54) is 11.3 Å². The zero-order chi connectivity index (χ0) is 16.8. The molecule has 4 N–H and O–H groups in total. The van der Waals surface area contributed by atoms with Crippen LogP contribution in [0.1, 0.15) is 35.9 Å². The summed E-state index contributed by atoms with van der Waals surface area (Å²) in [6, 6.07) is 10.3. The van der Waals surface area contributed by atoms with Gasteiger partial charge in [0.1, 0.15) is 0 Å². The van der Waals surface area contributed by atoms with Gasteiger partial charge in [-0.1, -0.05) is 40.2 Å². The summed E-state index contributed by atoms with van der Waals surface area (Å²) in [6.07, 6.45) is 0.137. The lowest BCUT2D eigenvalue weighted by atomic mass is 10.1. The molecule has 1 aromatic carbocycles. The number of rotatable bonds is 6. The maximum Gasteiger partial charge on any atom is 0.312 e. The number of primary amides is 1. The molecule has 23 heavy (non-hydrogen) atoms. The van der Waals surface area contributed by atoms with Crippen molar-refractivity contribution < 1.29 is 9.59 Å². The summed E-state index contributed by atoms with van der Waals surface area (Å²) in [7, 11) is 0. The molecule has 0 fully saturated rings. The Labute approximate surface area is 147 Å². The first-order valence-electron chi connectivity index (χ1n) is 7.10. The SMILES string of the molecule is CC(NC(=O)CC(NC(N)=O)c1cccs1)c1ccccc1Br. The Kier molecular flexibility index (Phi) is 6.18. The van der Waals surface area contributed by atoms with Gasteiger partial charge in [-0.15, -0.1) is 11.3 Å². The second-order valence-electron chi connectivity index (χ2n) is 5.09. The lowest BCUT2D eigenvalue weighted by Crippen LogP contribution is -2.36. The number of hydrogen-bond donors (Lipinski definition) is 3. The molecular formula is C16H18BrN3O2S. The topological polar surface area (TPSA) is 84.2 Å². The fourth-order valence-electron chi connectivity index (χ4n) is 2.27. The highest BCUT2D eigenvalue weighted by molar-refractivity contribution is 9.10. The molecule has 2 atom stereocenters. The highest BCUT2D eigenvalue weighted by Gasteiger charge is 2.20. The number of nitrogens with one attached hydrogen (secondary N) is 2. The Morgan fingerprint density at radius 3 is 2.57 bits per heavy atom. The van der Waals surface area contributed by atoms with Crippen molar-refractivity contribution in [2.45, 2.75) is 25.4 Å². The molecule has 2 rings (SSSR count). The molecule has 0 spiro atoms. The van der Waals surface area contributed by atoms with Crippen molar-refractivity contribution in [3.8, 4) is 0 Å². The quantitative estimate of drug-likeness (QED) is 0.699. The van der Waals surface area contributed by atoms with Crippen LogP contribution in [0.3, 0.4) is 0 Å². The van der Waals surface area contributed by atoms with Gasteiger partial charge < -0.3 is 16.4 Å². The Hall–Kier alpha value is -1.86. The second-order valence-corrected chi connectivity index (χ2v) is 6.93. The van der Waals surface area contributed by atoms with Crippen LogP contribution in [0, 0.1) is 0 Å². The van der Waals surface area contributed by atoms with Gasteiger partial charge >= 0.3 is 6.03 Å². The van der Waals surface area contributed by atoms with E-state index in [9.17, 15) is 9.59 Å². The molecule has 1 heterocycles. The third kappa shape index (κ3) is 5.07. The Bertz CT molecular complexity index is 676. The van der Waals surface area contributed by atoms with Crippen molar-refractivity contribution >= 4 is 39.2 Å². The fraction of sp³-hybridized carbons (Fsp3) is 0.250. The first kappa shape index (κ1) is 17.5. The standard InChI is InChI=1S/C16H18BrN3O2S/c1-10(11-5-2-3-6-12(11)17)19-15(21)9-13(20-16(18)22)14-7-4-8-23-14/h2-8,10,13H,9H2,1H3,(H,19,21)(H3,18,20,22). The molecule has 2 aromatic rings. The average molecular weight is 396 g/mol. The summed E-state index contributed by atoms with van der Waals surface area (Å²) in [6.45, 7) is 1.92. The minimum Gasteiger partial charge on any atom is -0.352 e. The molecular weight excluding hydrogens is 378 g/mol. The van der Waals surface area contributed by atoms with E-state index in [4.69, 9.17) is 5.73 Å². The van der Waals surface area contributed by atoms with Crippen molar-refractivity contribution in [3.05, 3.63) is 56.7 Å². The van der Waals surface area contributed by atoms with E-state index in [1.54, 1.807) is 0 Å². The van der Waals surface area contributed by atoms with Crippen LogP contribution in [-0.4, -0.2) is 11.9 Å². The van der Waals surface area contributed by atoms with E-state index in [1.807, 2.05) is 48.7 Å². The van der Waals surface area contributed by atoms with Crippen LogP contribution in [0.2, 0.25) is 0 Å². The first-order valence-corrected chi connectivity index (χ1v) is 8.77. The molecule has 5 nitrogen and oxygen atoms in total. The Balaban J connectivity index is 2.02. The Morgan fingerprint density at radius 2 is 1.96 bits per heavy atom. The summed E-state index contributed by atoms with van der Waals surface area (Å²) in [5.74, 6) is -0.152. The van der Waals surface area contributed by atoms with Crippen LogP contribution in [-0.2, 0) is 4.79 Å². The highest BCUT2D eigenvalue weighted by Crippen LogP contribution is 2.25. The molecule has 0 saturated heterocycles. The maximum absolute atomic E-state index is 12.3. The molecule has 0 saturated carbocycles. The normalized spacial score (nSPS) is 13.1. The van der Waals surface area contributed by atoms with Crippen LogP contribution in [0.5, 0.6) is 0 Å². The second kappa shape index (κ2) is 8.12. The predicted molar refractivity (Wildman–Crippen MR) is 95.1 cm³/mol. The smallest absolute Gasteiger partial charge is 0.312 e. The van der Waals surface area contributed by atoms with Gasteiger partial charge in [0.15, 0.2) is 0 Å². The summed E-state index contributed by atoms with van der Waals surface area (Å²) >= 11 is 4.95. The third-order valence-corrected chi connectivity index (χ3v) is 5.05. The minimum atomic E-state index is -0.643. The van der Waals surface area contributed by atoms with Crippen LogP contribution in [0.15, 0.2) is 46.3 Å².